The van der Waals surface area contributed by atoms with Crippen LogP contribution in [-0.2, 0) is 22.1 Å². The first kappa shape index (κ1) is 16.7. The molecule has 1 aromatic heterocycles. The summed E-state index contributed by atoms with van der Waals surface area (Å²) in [6.45, 7) is 5.95. The molecule has 122 valence electrons. The lowest BCUT2D eigenvalue weighted by Crippen LogP contribution is -2.48. The summed E-state index contributed by atoms with van der Waals surface area (Å²) in [5.74, 6) is -1.05. The van der Waals surface area contributed by atoms with Gasteiger partial charge in [-0.3, -0.25) is 14.3 Å². The Bertz CT molecular complexity index is 692. The van der Waals surface area contributed by atoms with Crippen molar-refractivity contribution in [2.24, 2.45) is 7.05 Å². The van der Waals surface area contributed by atoms with E-state index >= 15 is 0 Å². The molecular weight excluding hydrogens is 292 g/mol. The van der Waals surface area contributed by atoms with Gasteiger partial charge in [0.25, 0.3) is 0 Å². The van der Waals surface area contributed by atoms with Gasteiger partial charge in [0.2, 0.25) is 0 Å². The number of aromatic nitrogens is 2. The summed E-state index contributed by atoms with van der Waals surface area (Å²) in [5.41, 5.74) is 0.792. The third kappa shape index (κ3) is 3.97. The Morgan fingerprint density at radius 3 is 2.35 bits per heavy atom. The molecule has 1 atom stereocenters. The smallest absolute Gasteiger partial charge is 0.314 e. The first-order valence-electron chi connectivity index (χ1n) is 7.47. The minimum Gasteiger partial charge on any atom is -0.344 e. The largest absolute Gasteiger partial charge is 0.344 e. The van der Waals surface area contributed by atoms with Crippen LogP contribution < -0.4 is 10.6 Å². The van der Waals surface area contributed by atoms with Crippen LogP contribution in [0.1, 0.15) is 26.3 Å². The monoisotopic (exact) mass is 314 g/mol. The second-order valence-corrected chi connectivity index (χ2v) is 6.11. The van der Waals surface area contributed by atoms with E-state index in [1.54, 1.807) is 24.0 Å². The van der Waals surface area contributed by atoms with Crippen LogP contribution in [-0.4, -0.2) is 27.6 Å². The van der Waals surface area contributed by atoms with Crippen LogP contribution >= 0.6 is 0 Å². The topological polar surface area (TPSA) is 76.0 Å². The van der Waals surface area contributed by atoms with E-state index in [0.29, 0.717) is 5.82 Å². The molecule has 0 saturated heterocycles. The van der Waals surface area contributed by atoms with Crippen molar-refractivity contribution in [2.75, 3.05) is 5.32 Å². The molecule has 6 nitrogen and oxygen atoms in total. The average Bonchev–Trinajstić information content (AvgIpc) is 2.93. The third-order valence-corrected chi connectivity index (χ3v) is 4.11. The maximum absolute atomic E-state index is 12.1. The number of aryl methyl sites for hydroxylation is 1. The van der Waals surface area contributed by atoms with E-state index in [1.807, 2.05) is 51.1 Å². The number of nitrogens with one attached hydrogen (secondary N) is 2. The summed E-state index contributed by atoms with van der Waals surface area (Å²) in [4.78, 5) is 24.0. The van der Waals surface area contributed by atoms with Crippen molar-refractivity contribution in [3.8, 4) is 0 Å². The van der Waals surface area contributed by atoms with E-state index in [9.17, 15) is 9.59 Å². The van der Waals surface area contributed by atoms with Gasteiger partial charge in [-0.15, -0.1) is 0 Å². The van der Waals surface area contributed by atoms with Crippen LogP contribution in [0.5, 0.6) is 0 Å². The Kier molecular flexibility index (Phi) is 4.83. The van der Waals surface area contributed by atoms with Gasteiger partial charge in [-0.2, -0.15) is 5.10 Å². The molecule has 2 N–H and O–H groups in total. The van der Waals surface area contributed by atoms with Crippen LogP contribution in [0.15, 0.2) is 42.6 Å². The predicted molar refractivity (Wildman–Crippen MR) is 88.9 cm³/mol. The highest BCUT2D eigenvalue weighted by Crippen LogP contribution is 2.26. The summed E-state index contributed by atoms with van der Waals surface area (Å²) in [7, 11) is 1.74. The van der Waals surface area contributed by atoms with Crippen LogP contribution in [0.2, 0.25) is 0 Å². The molecule has 0 aliphatic heterocycles. The molecule has 2 aromatic rings. The van der Waals surface area contributed by atoms with Gasteiger partial charge < -0.3 is 10.6 Å². The van der Waals surface area contributed by atoms with Gasteiger partial charge >= 0.3 is 11.8 Å². The highest BCUT2D eigenvalue weighted by molar-refractivity contribution is 6.39. The number of carbonyl (C=O) groups excluding carboxylic acids is 2. The van der Waals surface area contributed by atoms with Crippen molar-refractivity contribution in [3.63, 3.8) is 0 Å². The molecule has 1 heterocycles. The Hall–Kier alpha value is -2.63. The van der Waals surface area contributed by atoms with Gasteiger partial charge in [0.15, 0.2) is 5.82 Å². The first-order chi connectivity index (χ1) is 10.8. The maximum Gasteiger partial charge on any atom is 0.314 e. The number of amides is 2. The summed E-state index contributed by atoms with van der Waals surface area (Å²) >= 11 is 0. The van der Waals surface area contributed by atoms with E-state index in [2.05, 4.69) is 15.7 Å². The fourth-order valence-corrected chi connectivity index (χ4v) is 2.22. The van der Waals surface area contributed by atoms with Gasteiger partial charge in [-0.25, -0.2) is 0 Å². The van der Waals surface area contributed by atoms with Crippen molar-refractivity contribution < 1.29 is 9.59 Å². The number of nitrogens with zero attached hydrogens (tertiary/aromatic N) is 2. The van der Waals surface area contributed by atoms with Crippen molar-refractivity contribution >= 4 is 17.6 Å². The molecule has 0 aliphatic carbocycles. The molecule has 0 unspecified atom stereocenters. The zero-order valence-electron chi connectivity index (χ0n) is 13.8. The van der Waals surface area contributed by atoms with Crippen molar-refractivity contribution in [3.05, 3.63) is 48.2 Å². The lowest BCUT2D eigenvalue weighted by molar-refractivity contribution is -0.136. The minimum absolute atomic E-state index is 0.216. The lowest BCUT2D eigenvalue weighted by Gasteiger charge is -2.32. The number of hydrogen-bond acceptors (Lipinski definition) is 3. The molecule has 0 fully saturated rings. The summed E-state index contributed by atoms with van der Waals surface area (Å²) in [5, 5.41) is 9.25. The molecule has 0 radical (unpaired) electrons. The number of benzene rings is 1. The molecule has 2 rings (SSSR count). The van der Waals surface area contributed by atoms with Crippen LogP contribution in [0.3, 0.4) is 0 Å². The molecule has 1 aromatic carbocycles. The number of rotatable bonds is 4. The number of anilines is 1. The quantitative estimate of drug-likeness (QED) is 0.846. The molecule has 23 heavy (non-hydrogen) atoms. The average molecular weight is 314 g/mol. The predicted octanol–water partition coefficient (Wildman–Crippen LogP) is 1.84. The van der Waals surface area contributed by atoms with Gasteiger partial charge in [0, 0.05) is 30.8 Å². The lowest BCUT2D eigenvalue weighted by atomic mass is 9.78. The summed E-state index contributed by atoms with van der Waals surface area (Å²) < 4.78 is 1.55. The van der Waals surface area contributed by atoms with E-state index < -0.39 is 11.8 Å². The van der Waals surface area contributed by atoms with Gasteiger partial charge in [0.05, 0.1) is 0 Å². The van der Waals surface area contributed by atoms with Crippen LogP contribution in [0.4, 0.5) is 5.82 Å². The van der Waals surface area contributed by atoms with Crippen LogP contribution in [0.25, 0.3) is 0 Å². The zero-order valence-corrected chi connectivity index (χ0v) is 13.8. The van der Waals surface area contributed by atoms with E-state index in [0.717, 1.165) is 5.56 Å². The number of hydrogen-bond donors (Lipinski definition) is 2. The molecular formula is C17H22N4O2. The Labute approximate surface area is 135 Å². The molecule has 6 heteroatoms. The van der Waals surface area contributed by atoms with Crippen molar-refractivity contribution in [2.45, 2.75) is 32.2 Å². The Balaban J connectivity index is 2.00. The Morgan fingerprint density at radius 1 is 1.13 bits per heavy atom. The van der Waals surface area contributed by atoms with E-state index in [1.165, 1.54) is 0 Å². The van der Waals surface area contributed by atoms with Gasteiger partial charge in [-0.05, 0) is 12.5 Å². The van der Waals surface area contributed by atoms with Crippen molar-refractivity contribution in [1.82, 2.24) is 15.1 Å². The zero-order chi connectivity index (χ0) is 17.0. The number of carbonyl (C=O) groups is 2. The SMILES string of the molecule is C[C@H](NC(=O)C(=O)Nc1ccn(C)n1)C(C)(C)c1ccccc1. The fraction of sp³-hybridized carbons (Fsp3) is 0.353. The fourth-order valence-electron chi connectivity index (χ4n) is 2.22. The molecule has 2 amide bonds. The normalized spacial score (nSPS) is 12.5. The van der Waals surface area contributed by atoms with Crippen LogP contribution in [0, 0.1) is 0 Å². The maximum atomic E-state index is 12.1. The molecule has 0 saturated carbocycles. The van der Waals surface area contributed by atoms with Gasteiger partial charge in [0.1, 0.15) is 0 Å². The molecule has 0 bridgehead atoms. The van der Waals surface area contributed by atoms with Crippen molar-refractivity contribution in [1.29, 1.82) is 0 Å². The first-order valence-corrected chi connectivity index (χ1v) is 7.47. The standard InChI is InChI=1S/C17H22N4O2/c1-12(17(2,3)13-8-6-5-7-9-13)18-15(22)16(23)19-14-10-11-21(4)20-14/h5-12H,1-4H3,(H,18,22)(H,19,20,23)/t12-/m0/s1. The highest BCUT2D eigenvalue weighted by atomic mass is 16.2. The third-order valence-electron chi connectivity index (χ3n) is 4.11. The van der Waals surface area contributed by atoms with Gasteiger partial charge in [-0.1, -0.05) is 44.2 Å². The second kappa shape index (κ2) is 6.64. The summed E-state index contributed by atoms with van der Waals surface area (Å²) in [6, 6.07) is 11.3. The molecule has 0 aliphatic rings. The van der Waals surface area contributed by atoms with E-state index in [4.69, 9.17) is 0 Å². The second-order valence-electron chi connectivity index (χ2n) is 6.11. The Morgan fingerprint density at radius 2 is 1.78 bits per heavy atom. The molecule has 0 spiro atoms. The minimum atomic E-state index is -0.723. The van der Waals surface area contributed by atoms with E-state index in [-0.39, 0.29) is 11.5 Å². The summed E-state index contributed by atoms with van der Waals surface area (Å²) in [6.07, 6.45) is 1.69. The highest BCUT2D eigenvalue weighted by Gasteiger charge is 2.30.